The summed E-state index contributed by atoms with van der Waals surface area (Å²) in [5.41, 5.74) is 0.368. The van der Waals surface area contributed by atoms with Crippen LogP contribution in [0.25, 0.3) is 0 Å². The quantitative estimate of drug-likeness (QED) is 0.769. The van der Waals surface area contributed by atoms with E-state index in [1.807, 2.05) is 6.07 Å². The van der Waals surface area contributed by atoms with Crippen LogP contribution in [0.1, 0.15) is 18.4 Å². The van der Waals surface area contributed by atoms with Crippen molar-refractivity contribution in [3.05, 3.63) is 29.6 Å². The maximum atomic E-state index is 13.0. The molecular weight excluding hydrogens is 209 g/mol. The van der Waals surface area contributed by atoms with E-state index in [4.69, 9.17) is 14.7 Å². The molecule has 0 spiro atoms. The van der Waals surface area contributed by atoms with Gasteiger partial charge in [-0.15, -0.1) is 0 Å². The van der Waals surface area contributed by atoms with E-state index in [1.54, 1.807) is 0 Å². The number of ether oxygens (including phenoxy) is 2. The third-order valence-corrected chi connectivity index (χ3v) is 2.53. The first-order valence-electron chi connectivity index (χ1n) is 5.23. The molecule has 1 fully saturated rings. The maximum absolute atomic E-state index is 13.0. The molecule has 0 bridgehead atoms. The van der Waals surface area contributed by atoms with Gasteiger partial charge in [0.1, 0.15) is 23.7 Å². The minimum absolute atomic E-state index is 0.0163. The summed E-state index contributed by atoms with van der Waals surface area (Å²) in [5, 5.41) is 8.86. The van der Waals surface area contributed by atoms with Crippen LogP contribution in [-0.4, -0.2) is 19.3 Å². The normalized spacial score (nSPS) is 16.8. The van der Waals surface area contributed by atoms with Crippen molar-refractivity contribution in [3.63, 3.8) is 0 Å². The lowest BCUT2D eigenvalue weighted by atomic mass is 10.1. The largest absolute Gasteiger partial charge is 0.489 e. The second-order valence-corrected chi connectivity index (χ2v) is 3.68. The van der Waals surface area contributed by atoms with Crippen LogP contribution in [0.15, 0.2) is 18.2 Å². The summed E-state index contributed by atoms with van der Waals surface area (Å²) in [6.45, 7) is 1.31. The van der Waals surface area contributed by atoms with Crippen molar-refractivity contribution in [2.45, 2.75) is 18.9 Å². The molecule has 0 radical (unpaired) electrons. The lowest BCUT2D eigenvalue weighted by Gasteiger charge is -2.23. The number of nitrogens with zero attached hydrogens (tertiary/aromatic N) is 1. The molecule has 16 heavy (non-hydrogen) atoms. The zero-order chi connectivity index (χ0) is 11.4. The van der Waals surface area contributed by atoms with Crippen molar-refractivity contribution < 1.29 is 13.9 Å². The topological polar surface area (TPSA) is 42.2 Å². The van der Waals surface area contributed by atoms with Crippen LogP contribution < -0.4 is 4.74 Å². The van der Waals surface area contributed by atoms with Gasteiger partial charge in [-0.2, -0.15) is 5.26 Å². The van der Waals surface area contributed by atoms with E-state index in [2.05, 4.69) is 0 Å². The molecular formula is C12H12FNO2. The van der Waals surface area contributed by atoms with Crippen LogP contribution in [0.3, 0.4) is 0 Å². The molecule has 0 aliphatic carbocycles. The van der Waals surface area contributed by atoms with Crippen molar-refractivity contribution in [2.24, 2.45) is 0 Å². The molecule has 1 aliphatic rings. The van der Waals surface area contributed by atoms with E-state index >= 15 is 0 Å². The summed E-state index contributed by atoms with van der Waals surface area (Å²) in [6.07, 6.45) is 1.57. The van der Waals surface area contributed by atoms with Crippen LogP contribution in [0.2, 0.25) is 0 Å². The second-order valence-electron chi connectivity index (χ2n) is 3.68. The highest BCUT2D eigenvalue weighted by atomic mass is 19.1. The van der Waals surface area contributed by atoms with Gasteiger partial charge < -0.3 is 9.47 Å². The van der Waals surface area contributed by atoms with Crippen LogP contribution >= 0.6 is 0 Å². The number of halogens is 1. The van der Waals surface area contributed by atoms with Crippen molar-refractivity contribution in [1.82, 2.24) is 0 Å². The first kappa shape index (κ1) is 10.9. The zero-order valence-electron chi connectivity index (χ0n) is 8.78. The molecule has 0 amide bonds. The lowest BCUT2D eigenvalue weighted by molar-refractivity contribution is 0.0253. The Balaban J connectivity index is 2.13. The fraction of sp³-hybridized carbons (Fsp3) is 0.417. The molecule has 84 valence electrons. The van der Waals surface area contributed by atoms with Crippen LogP contribution in [0.5, 0.6) is 5.75 Å². The van der Waals surface area contributed by atoms with Gasteiger partial charge in [-0.05, 0) is 12.1 Å². The molecule has 1 aromatic rings. The average molecular weight is 221 g/mol. The number of nitriles is 1. The monoisotopic (exact) mass is 221 g/mol. The van der Waals surface area contributed by atoms with Gasteiger partial charge >= 0.3 is 0 Å². The molecule has 0 saturated carbocycles. The Morgan fingerprint density at radius 2 is 2.12 bits per heavy atom. The predicted octanol–water partition coefficient (Wildman–Crippen LogP) is 2.26. The van der Waals surface area contributed by atoms with Gasteiger partial charge in [0.15, 0.2) is 0 Å². The third kappa shape index (κ3) is 2.50. The first-order chi connectivity index (χ1) is 7.79. The maximum Gasteiger partial charge on any atom is 0.140 e. The third-order valence-electron chi connectivity index (χ3n) is 2.53. The Morgan fingerprint density at radius 1 is 1.38 bits per heavy atom. The van der Waals surface area contributed by atoms with Crippen LogP contribution in [0, 0.1) is 17.1 Å². The highest BCUT2D eigenvalue weighted by Crippen LogP contribution is 2.23. The summed E-state index contributed by atoms with van der Waals surface area (Å²) in [7, 11) is 0. The predicted molar refractivity (Wildman–Crippen MR) is 55.6 cm³/mol. The van der Waals surface area contributed by atoms with Gasteiger partial charge in [-0.25, -0.2) is 4.39 Å². The fourth-order valence-corrected chi connectivity index (χ4v) is 1.66. The van der Waals surface area contributed by atoms with Gasteiger partial charge in [-0.3, -0.25) is 0 Å². The molecule has 0 unspecified atom stereocenters. The second kappa shape index (κ2) is 4.95. The number of hydrogen-bond donors (Lipinski definition) is 0. The van der Waals surface area contributed by atoms with E-state index in [9.17, 15) is 4.39 Å². The molecule has 1 aliphatic heterocycles. The Kier molecular flexibility index (Phi) is 3.37. The highest BCUT2D eigenvalue weighted by molar-refractivity contribution is 5.43. The number of benzene rings is 1. The molecule has 0 N–H and O–H groups in total. The first-order valence-corrected chi connectivity index (χ1v) is 5.23. The number of hydrogen-bond acceptors (Lipinski definition) is 3. The van der Waals surface area contributed by atoms with Crippen molar-refractivity contribution >= 4 is 0 Å². The number of rotatable bonds is 2. The SMILES string of the molecule is N#Cc1ccc(F)cc1OC1CCOCC1. The molecule has 0 aromatic heterocycles. The molecule has 4 heteroatoms. The van der Waals surface area contributed by atoms with Gasteiger partial charge in [-0.1, -0.05) is 0 Å². The minimum atomic E-state index is -0.388. The van der Waals surface area contributed by atoms with Crippen LogP contribution in [0.4, 0.5) is 4.39 Å². The van der Waals surface area contributed by atoms with Gasteiger partial charge in [0.05, 0.1) is 18.8 Å². The molecule has 2 rings (SSSR count). The molecule has 1 heterocycles. The summed E-state index contributed by atoms with van der Waals surface area (Å²) < 4.78 is 23.8. The van der Waals surface area contributed by atoms with E-state index < -0.39 is 0 Å². The van der Waals surface area contributed by atoms with E-state index in [0.717, 1.165) is 12.8 Å². The van der Waals surface area contributed by atoms with E-state index in [-0.39, 0.29) is 11.9 Å². The summed E-state index contributed by atoms with van der Waals surface area (Å²) in [5.74, 6) is -0.0598. The Hall–Kier alpha value is -1.60. The highest BCUT2D eigenvalue weighted by Gasteiger charge is 2.17. The Morgan fingerprint density at radius 3 is 2.81 bits per heavy atom. The lowest BCUT2D eigenvalue weighted by Crippen LogP contribution is -2.26. The van der Waals surface area contributed by atoms with Gasteiger partial charge in [0.2, 0.25) is 0 Å². The summed E-state index contributed by atoms with van der Waals surface area (Å²) >= 11 is 0. The van der Waals surface area contributed by atoms with E-state index in [1.165, 1.54) is 18.2 Å². The van der Waals surface area contributed by atoms with E-state index in [0.29, 0.717) is 24.5 Å². The molecule has 1 saturated heterocycles. The Bertz CT molecular complexity index is 408. The molecule has 1 aromatic carbocycles. The van der Waals surface area contributed by atoms with Gasteiger partial charge in [0.25, 0.3) is 0 Å². The average Bonchev–Trinajstić information content (AvgIpc) is 2.31. The van der Waals surface area contributed by atoms with Gasteiger partial charge in [0, 0.05) is 18.9 Å². The fourth-order valence-electron chi connectivity index (χ4n) is 1.66. The zero-order valence-corrected chi connectivity index (χ0v) is 8.78. The van der Waals surface area contributed by atoms with Crippen molar-refractivity contribution in [3.8, 4) is 11.8 Å². The van der Waals surface area contributed by atoms with Crippen LogP contribution in [-0.2, 0) is 4.74 Å². The van der Waals surface area contributed by atoms with Crippen molar-refractivity contribution in [2.75, 3.05) is 13.2 Å². The molecule has 0 atom stereocenters. The smallest absolute Gasteiger partial charge is 0.140 e. The summed E-state index contributed by atoms with van der Waals surface area (Å²) in [4.78, 5) is 0. The van der Waals surface area contributed by atoms with Crippen molar-refractivity contribution in [1.29, 1.82) is 5.26 Å². The Labute approximate surface area is 93.4 Å². The standard InChI is InChI=1S/C12H12FNO2/c13-10-2-1-9(8-14)12(7-10)16-11-3-5-15-6-4-11/h1-2,7,11H,3-6H2. The summed E-state index contributed by atoms with van der Waals surface area (Å²) in [6, 6.07) is 5.94. The minimum Gasteiger partial charge on any atom is -0.489 e. The molecule has 3 nitrogen and oxygen atoms in total.